The van der Waals surface area contributed by atoms with E-state index in [1.165, 1.54) is 0 Å². The van der Waals surface area contributed by atoms with Crippen LogP contribution in [0.25, 0.3) is 6.08 Å². The molecule has 18 heavy (non-hydrogen) atoms. The SMILES string of the molecule is N#CC(=Cc1ccccc1)C(=O)c1ccccc1. The number of ketones is 1. The quantitative estimate of drug-likeness (QED) is 0.462. The van der Waals surface area contributed by atoms with Crippen LogP contribution in [-0.4, -0.2) is 5.78 Å². The van der Waals surface area contributed by atoms with Gasteiger partial charge in [-0.3, -0.25) is 4.79 Å². The highest BCUT2D eigenvalue weighted by Gasteiger charge is 2.10. The van der Waals surface area contributed by atoms with Gasteiger partial charge in [0.05, 0.1) is 0 Å². The summed E-state index contributed by atoms with van der Waals surface area (Å²) >= 11 is 0. The van der Waals surface area contributed by atoms with Crippen molar-refractivity contribution in [3.8, 4) is 6.07 Å². The molecule has 0 radical (unpaired) electrons. The highest BCUT2D eigenvalue weighted by molar-refractivity contribution is 6.13. The molecular formula is C16H11NO. The predicted octanol–water partition coefficient (Wildman–Crippen LogP) is 3.48. The van der Waals surface area contributed by atoms with Crippen LogP contribution in [0.4, 0.5) is 0 Å². The molecule has 0 saturated carbocycles. The van der Waals surface area contributed by atoms with E-state index in [1.807, 2.05) is 42.5 Å². The monoisotopic (exact) mass is 233 g/mol. The maximum atomic E-state index is 12.1. The third kappa shape index (κ3) is 2.72. The van der Waals surface area contributed by atoms with Gasteiger partial charge in [-0.2, -0.15) is 5.26 Å². The van der Waals surface area contributed by atoms with Crippen molar-refractivity contribution in [1.82, 2.24) is 0 Å². The van der Waals surface area contributed by atoms with Crippen LogP contribution < -0.4 is 0 Å². The number of carbonyl (C=O) groups is 1. The first-order valence-corrected chi connectivity index (χ1v) is 5.58. The van der Waals surface area contributed by atoms with Gasteiger partial charge in [0.25, 0.3) is 0 Å². The van der Waals surface area contributed by atoms with Gasteiger partial charge >= 0.3 is 0 Å². The van der Waals surface area contributed by atoms with E-state index in [2.05, 4.69) is 0 Å². The maximum absolute atomic E-state index is 12.1. The fourth-order valence-electron chi connectivity index (χ4n) is 1.61. The molecular weight excluding hydrogens is 222 g/mol. The second-order valence-corrected chi connectivity index (χ2v) is 3.78. The number of nitriles is 1. The number of hydrogen-bond donors (Lipinski definition) is 0. The first kappa shape index (κ1) is 11.8. The molecule has 2 nitrogen and oxygen atoms in total. The number of rotatable bonds is 3. The highest BCUT2D eigenvalue weighted by Crippen LogP contribution is 2.12. The molecule has 0 aliphatic rings. The minimum Gasteiger partial charge on any atom is -0.288 e. The van der Waals surface area contributed by atoms with E-state index < -0.39 is 0 Å². The highest BCUT2D eigenvalue weighted by atomic mass is 16.1. The Morgan fingerprint density at radius 2 is 1.50 bits per heavy atom. The number of nitrogens with zero attached hydrogens (tertiary/aromatic N) is 1. The minimum absolute atomic E-state index is 0.146. The fraction of sp³-hybridized carbons (Fsp3) is 0. The summed E-state index contributed by atoms with van der Waals surface area (Å²) in [6.45, 7) is 0. The molecule has 0 spiro atoms. The van der Waals surface area contributed by atoms with Crippen molar-refractivity contribution >= 4 is 11.9 Å². The van der Waals surface area contributed by atoms with Crippen LogP contribution in [0.5, 0.6) is 0 Å². The molecule has 2 aromatic carbocycles. The lowest BCUT2D eigenvalue weighted by Crippen LogP contribution is -2.01. The molecule has 0 fully saturated rings. The Bertz CT molecular complexity index is 607. The Balaban J connectivity index is 2.34. The van der Waals surface area contributed by atoms with E-state index in [1.54, 1.807) is 30.3 Å². The van der Waals surface area contributed by atoms with Gasteiger partial charge in [-0.25, -0.2) is 0 Å². The zero-order chi connectivity index (χ0) is 12.8. The molecule has 2 rings (SSSR count). The summed E-state index contributed by atoms with van der Waals surface area (Å²) in [5.41, 5.74) is 1.52. The summed E-state index contributed by atoms with van der Waals surface area (Å²) < 4.78 is 0. The molecule has 0 aliphatic carbocycles. The molecule has 0 aliphatic heterocycles. The topological polar surface area (TPSA) is 40.9 Å². The van der Waals surface area contributed by atoms with Crippen LogP contribution in [0.1, 0.15) is 15.9 Å². The molecule has 2 aromatic rings. The van der Waals surface area contributed by atoms with Crippen molar-refractivity contribution < 1.29 is 4.79 Å². The zero-order valence-corrected chi connectivity index (χ0v) is 9.71. The molecule has 0 saturated heterocycles. The first-order valence-electron chi connectivity index (χ1n) is 5.58. The number of allylic oxidation sites excluding steroid dienone is 1. The second-order valence-electron chi connectivity index (χ2n) is 3.78. The van der Waals surface area contributed by atoms with E-state index in [4.69, 9.17) is 5.26 Å². The lowest BCUT2D eigenvalue weighted by Gasteiger charge is -1.99. The van der Waals surface area contributed by atoms with Crippen LogP contribution in [0, 0.1) is 11.3 Å². The lowest BCUT2D eigenvalue weighted by atomic mass is 10.0. The Morgan fingerprint density at radius 3 is 2.06 bits per heavy atom. The van der Waals surface area contributed by atoms with Crippen molar-refractivity contribution in [2.45, 2.75) is 0 Å². The summed E-state index contributed by atoms with van der Waals surface area (Å²) in [6, 6.07) is 20.1. The van der Waals surface area contributed by atoms with E-state index in [9.17, 15) is 4.79 Å². The number of Topliss-reactive ketones (excluding diaryl/α,β-unsaturated/α-hetero) is 1. The van der Waals surface area contributed by atoms with Crippen LogP contribution in [0.2, 0.25) is 0 Å². The Morgan fingerprint density at radius 1 is 0.944 bits per heavy atom. The van der Waals surface area contributed by atoms with E-state index in [0.717, 1.165) is 5.56 Å². The molecule has 0 bridgehead atoms. The van der Waals surface area contributed by atoms with Gasteiger partial charge in [-0.15, -0.1) is 0 Å². The Labute approximate surface area is 106 Å². The first-order chi connectivity index (χ1) is 8.81. The average Bonchev–Trinajstić information content (AvgIpc) is 2.46. The molecule has 2 heteroatoms. The van der Waals surface area contributed by atoms with E-state index >= 15 is 0 Å². The normalized spacial score (nSPS) is 10.7. The van der Waals surface area contributed by atoms with Crippen molar-refractivity contribution in [3.05, 3.63) is 77.4 Å². The van der Waals surface area contributed by atoms with Gasteiger partial charge in [0.1, 0.15) is 11.6 Å². The molecule has 0 unspecified atom stereocenters. The molecule has 0 N–H and O–H groups in total. The third-order valence-corrected chi connectivity index (χ3v) is 2.51. The van der Waals surface area contributed by atoms with Crippen LogP contribution in [-0.2, 0) is 0 Å². The number of carbonyl (C=O) groups excluding carboxylic acids is 1. The Hall–Kier alpha value is -2.66. The van der Waals surface area contributed by atoms with Gasteiger partial charge in [0.2, 0.25) is 5.78 Å². The van der Waals surface area contributed by atoms with Crippen LogP contribution in [0.15, 0.2) is 66.2 Å². The summed E-state index contributed by atoms with van der Waals surface area (Å²) in [6.07, 6.45) is 1.61. The molecule has 0 heterocycles. The average molecular weight is 233 g/mol. The number of benzene rings is 2. The molecule has 86 valence electrons. The summed E-state index contributed by atoms with van der Waals surface area (Å²) in [5.74, 6) is -0.248. The smallest absolute Gasteiger partial charge is 0.203 e. The molecule has 0 amide bonds. The summed E-state index contributed by atoms with van der Waals surface area (Å²) in [7, 11) is 0. The third-order valence-electron chi connectivity index (χ3n) is 2.51. The standard InChI is InChI=1S/C16H11NO/c17-12-15(11-13-7-3-1-4-8-13)16(18)14-9-5-2-6-10-14/h1-11H. The minimum atomic E-state index is -0.248. The molecule has 0 aromatic heterocycles. The van der Waals surface area contributed by atoms with Crippen molar-refractivity contribution in [2.24, 2.45) is 0 Å². The summed E-state index contributed by atoms with van der Waals surface area (Å²) in [4.78, 5) is 12.1. The van der Waals surface area contributed by atoms with E-state index in [0.29, 0.717) is 5.56 Å². The Kier molecular flexibility index (Phi) is 3.68. The maximum Gasteiger partial charge on any atom is 0.203 e. The van der Waals surface area contributed by atoms with Gasteiger partial charge < -0.3 is 0 Å². The van der Waals surface area contributed by atoms with Crippen LogP contribution >= 0.6 is 0 Å². The summed E-state index contributed by atoms with van der Waals surface area (Å²) in [5, 5.41) is 9.08. The molecule has 0 atom stereocenters. The van der Waals surface area contributed by atoms with Gasteiger partial charge in [0.15, 0.2) is 0 Å². The van der Waals surface area contributed by atoms with Gasteiger partial charge in [0, 0.05) is 5.56 Å². The largest absolute Gasteiger partial charge is 0.288 e. The zero-order valence-electron chi connectivity index (χ0n) is 9.71. The van der Waals surface area contributed by atoms with Crippen molar-refractivity contribution in [2.75, 3.05) is 0 Å². The van der Waals surface area contributed by atoms with Gasteiger partial charge in [-0.05, 0) is 11.6 Å². The predicted molar refractivity (Wildman–Crippen MR) is 70.8 cm³/mol. The van der Waals surface area contributed by atoms with Crippen molar-refractivity contribution in [1.29, 1.82) is 5.26 Å². The fourth-order valence-corrected chi connectivity index (χ4v) is 1.61. The number of hydrogen-bond acceptors (Lipinski definition) is 2. The van der Waals surface area contributed by atoms with Crippen molar-refractivity contribution in [3.63, 3.8) is 0 Å². The lowest BCUT2D eigenvalue weighted by molar-refractivity contribution is 0.104. The van der Waals surface area contributed by atoms with Gasteiger partial charge in [-0.1, -0.05) is 60.7 Å². The second kappa shape index (κ2) is 5.60. The van der Waals surface area contributed by atoms with E-state index in [-0.39, 0.29) is 11.4 Å². The van der Waals surface area contributed by atoms with Crippen LogP contribution in [0.3, 0.4) is 0 Å².